The molecule has 0 bridgehead atoms. The van der Waals surface area contributed by atoms with Crippen molar-refractivity contribution < 1.29 is 8.78 Å². The van der Waals surface area contributed by atoms with Crippen molar-refractivity contribution in [1.29, 1.82) is 0 Å². The van der Waals surface area contributed by atoms with E-state index in [2.05, 4.69) is 28.9 Å². The van der Waals surface area contributed by atoms with E-state index in [0.717, 1.165) is 21.6 Å². The predicted octanol–water partition coefficient (Wildman–Crippen LogP) is 5.31. The van der Waals surface area contributed by atoms with Crippen molar-refractivity contribution >= 4 is 29.0 Å². The van der Waals surface area contributed by atoms with Crippen LogP contribution < -0.4 is 20.6 Å². The summed E-state index contributed by atoms with van der Waals surface area (Å²) >= 11 is 0. The number of rotatable bonds is 5. The van der Waals surface area contributed by atoms with Gasteiger partial charge < -0.3 is 0 Å². The van der Waals surface area contributed by atoms with Gasteiger partial charge in [0.2, 0.25) is 7.41 Å². The van der Waals surface area contributed by atoms with E-state index >= 15 is 0 Å². The maximum atomic E-state index is 13.8. The summed E-state index contributed by atoms with van der Waals surface area (Å²) in [7, 11) is -0.325. The highest BCUT2D eigenvalue weighted by molar-refractivity contribution is 7.96. The quantitative estimate of drug-likeness (QED) is 0.408. The number of anilines is 1. The highest BCUT2D eigenvalue weighted by Gasteiger charge is 2.50. The molecule has 0 heterocycles. The first-order valence-corrected chi connectivity index (χ1v) is 11.1. The summed E-state index contributed by atoms with van der Waals surface area (Å²) in [5, 5.41) is 3.32. The molecule has 29 heavy (non-hydrogen) atoms. The molecule has 0 fully saturated rings. The fraction of sp³-hybridized carbons (Fsp3) is 0.0400. The number of hydrogen-bond donors (Lipinski definition) is 0. The second kappa shape index (κ2) is 8.14. The molecule has 0 saturated heterocycles. The molecule has 0 aliphatic carbocycles. The normalized spacial score (nSPS) is 11.3. The van der Waals surface area contributed by atoms with Gasteiger partial charge in [-0.05, 0) is 72.8 Å². The molecule has 0 spiro atoms. The van der Waals surface area contributed by atoms with Crippen molar-refractivity contribution in [3.05, 3.63) is 121 Å². The Morgan fingerprint density at radius 2 is 0.897 bits per heavy atom. The van der Waals surface area contributed by atoms with Crippen LogP contribution in [-0.4, -0.2) is 7.05 Å². The predicted molar refractivity (Wildman–Crippen MR) is 120 cm³/mol. The van der Waals surface area contributed by atoms with Gasteiger partial charge in [0, 0.05) is 7.05 Å². The largest absolute Gasteiger partial charge is 0.237 e. The lowest BCUT2D eigenvalue weighted by molar-refractivity contribution is 0.627. The second-order valence-electron chi connectivity index (χ2n) is 6.78. The van der Waals surface area contributed by atoms with Gasteiger partial charge in [-0.15, -0.1) is 0 Å². The smallest absolute Gasteiger partial charge is 0.202 e. The summed E-state index contributed by atoms with van der Waals surface area (Å²) in [6.45, 7) is 0. The second-order valence-corrected chi connectivity index (χ2v) is 10.2. The van der Waals surface area contributed by atoms with Gasteiger partial charge in [0.1, 0.15) is 27.5 Å². The van der Waals surface area contributed by atoms with Crippen LogP contribution in [0.1, 0.15) is 0 Å². The van der Waals surface area contributed by atoms with Crippen molar-refractivity contribution in [2.75, 3.05) is 11.7 Å². The first-order valence-electron chi connectivity index (χ1n) is 9.38. The zero-order valence-electron chi connectivity index (χ0n) is 16.0. The van der Waals surface area contributed by atoms with Crippen LogP contribution in [0.4, 0.5) is 14.5 Å². The monoisotopic (exact) mass is 404 g/mol. The highest BCUT2D eigenvalue weighted by Crippen LogP contribution is 2.59. The van der Waals surface area contributed by atoms with E-state index in [9.17, 15) is 8.78 Å². The molecule has 0 atom stereocenters. The Labute approximate surface area is 170 Å². The van der Waals surface area contributed by atoms with Crippen molar-refractivity contribution in [2.45, 2.75) is 0 Å². The Hall–Kier alpha value is -3.03. The fourth-order valence-electron chi connectivity index (χ4n) is 3.74. The third-order valence-electron chi connectivity index (χ3n) is 5.11. The lowest BCUT2D eigenvalue weighted by Crippen LogP contribution is -2.41. The first kappa shape index (κ1) is 19.3. The maximum Gasteiger partial charge on any atom is 0.202 e. The number of benzene rings is 4. The van der Waals surface area contributed by atoms with Crippen LogP contribution >= 0.6 is 7.41 Å². The molecule has 0 radical (unpaired) electrons. The molecule has 0 N–H and O–H groups in total. The Morgan fingerprint density at radius 1 is 0.517 bits per heavy atom. The third kappa shape index (κ3) is 3.54. The summed E-state index contributed by atoms with van der Waals surface area (Å²) in [4.78, 5) is 0. The highest BCUT2D eigenvalue weighted by atomic mass is 31.2. The topological polar surface area (TPSA) is 3.24 Å². The number of hydrogen-bond acceptors (Lipinski definition) is 1. The van der Waals surface area contributed by atoms with Gasteiger partial charge in [-0.3, -0.25) is 0 Å². The van der Waals surface area contributed by atoms with E-state index in [1.165, 1.54) is 24.3 Å². The SMILES string of the molecule is CN(c1ccc(F)cc1)[P+](c1ccccc1)(c1ccccc1)c1ccc(F)cc1. The van der Waals surface area contributed by atoms with E-state index in [1.807, 2.05) is 55.6 Å². The molecule has 0 aliphatic heterocycles. The molecule has 1 nitrogen and oxygen atoms in total. The van der Waals surface area contributed by atoms with E-state index in [0.29, 0.717) is 0 Å². The molecule has 0 aromatic heterocycles. The summed E-state index contributed by atoms with van der Waals surface area (Å²) < 4.78 is 29.6. The Balaban J connectivity index is 2.05. The minimum atomic E-state index is -2.36. The molecule has 4 rings (SSSR count). The van der Waals surface area contributed by atoms with Gasteiger partial charge in [0.05, 0.1) is 5.69 Å². The molecule has 4 heteroatoms. The van der Waals surface area contributed by atoms with Crippen LogP contribution in [0.2, 0.25) is 0 Å². The molecular weight excluding hydrogens is 383 g/mol. The summed E-state index contributed by atoms with van der Waals surface area (Å²) in [6, 6.07) is 33.8. The molecule has 4 aromatic rings. The zero-order valence-corrected chi connectivity index (χ0v) is 16.9. The van der Waals surface area contributed by atoms with Crippen molar-refractivity contribution in [2.24, 2.45) is 0 Å². The Kier molecular flexibility index (Phi) is 5.42. The molecule has 144 valence electrons. The molecular formula is C25H21F2NP+. The van der Waals surface area contributed by atoms with Gasteiger partial charge in [-0.2, -0.15) is 0 Å². The van der Waals surface area contributed by atoms with Crippen LogP contribution in [0.15, 0.2) is 109 Å². The van der Waals surface area contributed by atoms with Crippen molar-refractivity contribution in [1.82, 2.24) is 0 Å². The fourth-order valence-corrected chi connectivity index (χ4v) is 7.94. The van der Waals surface area contributed by atoms with E-state index in [-0.39, 0.29) is 11.6 Å². The third-order valence-corrected chi connectivity index (χ3v) is 9.38. The molecule has 4 aromatic carbocycles. The van der Waals surface area contributed by atoms with E-state index < -0.39 is 7.41 Å². The van der Waals surface area contributed by atoms with Crippen LogP contribution in [0.5, 0.6) is 0 Å². The van der Waals surface area contributed by atoms with Gasteiger partial charge in [-0.25, -0.2) is 13.5 Å². The van der Waals surface area contributed by atoms with Crippen molar-refractivity contribution in [3.8, 4) is 0 Å². The minimum Gasteiger partial charge on any atom is -0.237 e. The van der Waals surface area contributed by atoms with Crippen molar-refractivity contribution in [3.63, 3.8) is 0 Å². The standard InChI is InChI=1S/C25H21F2NP/c1-28(22-16-12-20(26)13-17-22)29(23-8-4-2-5-9-23,24-10-6-3-7-11-24)25-18-14-21(27)15-19-25/h2-19H,1H3/q+1. The zero-order chi connectivity index (χ0) is 20.3. The van der Waals surface area contributed by atoms with E-state index in [1.54, 1.807) is 12.1 Å². The summed E-state index contributed by atoms with van der Waals surface area (Å²) in [5.41, 5.74) is 0.900. The lowest BCUT2D eigenvalue weighted by atomic mass is 10.3. The molecule has 0 saturated carbocycles. The summed E-state index contributed by atoms with van der Waals surface area (Å²) in [5.74, 6) is -0.537. The number of halogens is 2. The Bertz CT molecular complexity index is 1030. The van der Waals surface area contributed by atoms with Crippen LogP contribution in [-0.2, 0) is 0 Å². The number of nitrogens with zero attached hydrogens (tertiary/aromatic N) is 1. The lowest BCUT2D eigenvalue weighted by Gasteiger charge is -2.35. The molecule has 0 unspecified atom stereocenters. The van der Waals surface area contributed by atoms with Gasteiger partial charge in [0.25, 0.3) is 0 Å². The van der Waals surface area contributed by atoms with Crippen LogP contribution in [0.3, 0.4) is 0 Å². The maximum absolute atomic E-state index is 13.8. The molecule has 0 amide bonds. The van der Waals surface area contributed by atoms with Gasteiger partial charge in [0.15, 0.2) is 0 Å². The van der Waals surface area contributed by atoms with Crippen LogP contribution in [0.25, 0.3) is 0 Å². The van der Waals surface area contributed by atoms with Gasteiger partial charge >= 0.3 is 0 Å². The minimum absolute atomic E-state index is 0.266. The van der Waals surface area contributed by atoms with E-state index in [4.69, 9.17) is 0 Å². The van der Waals surface area contributed by atoms with Crippen LogP contribution in [0, 0.1) is 11.6 Å². The first-order chi connectivity index (χ1) is 14.1. The average Bonchev–Trinajstić information content (AvgIpc) is 2.77. The van der Waals surface area contributed by atoms with Gasteiger partial charge in [-0.1, -0.05) is 36.4 Å². The summed E-state index contributed by atoms with van der Waals surface area (Å²) in [6.07, 6.45) is 0. The Morgan fingerprint density at radius 3 is 1.34 bits per heavy atom. The average molecular weight is 404 g/mol. The molecule has 0 aliphatic rings.